The summed E-state index contributed by atoms with van der Waals surface area (Å²) in [5.41, 5.74) is 5.66. The van der Waals surface area contributed by atoms with E-state index >= 15 is 0 Å². The van der Waals surface area contributed by atoms with Crippen LogP contribution in [0, 0.1) is 0 Å². The van der Waals surface area contributed by atoms with Crippen LogP contribution in [0.15, 0.2) is 72.8 Å². The molecule has 394 valence electrons. The molecule has 1 N–H and O–H groups in total. The summed E-state index contributed by atoms with van der Waals surface area (Å²) >= 11 is 0. The number of amides is 3. The van der Waals surface area contributed by atoms with Crippen molar-refractivity contribution in [2.24, 2.45) is 0 Å². The number of fused-ring (bicyclic) bond motifs is 4. The van der Waals surface area contributed by atoms with Crippen molar-refractivity contribution in [2.45, 2.75) is 12.3 Å². The third kappa shape index (κ3) is 22.9. The standard InChI is InChI=1S/C52H74N2O17/c55-50-47-12-5-6-13-48(47)51(56)54(50)15-17-59-19-21-61-23-25-63-27-29-65-31-33-67-35-37-69-39-41-70-40-38-68-36-34-66-32-30-64-28-26-62-24-22-60-20-18-58-16-7-14-53-52(57)71-42-49-45-10-3-1-8-43(45)44-9-2-4-11-46(44)49/h1-6,8-13,49H,7,14-42H2,(H,53,57). The predicted molar refractivity (Wildman–Crippen MR) is 260 cm³/mol. The summed E-state index contributed by atoms with van der Waals surface area (Å²) in [7, 11) is 0. The summed E-state index contributed by atoms with van der Waals surface area (Å²) in [5.74, 6) is -0.524. The van der Waals surface area contributed by atoms with Gasteiger partial charge in [0.1, 0.15) is 6.61 Å². The first-order chi connectivity index (χ1) is 35.1. The lowest BCUT2D eigenvalue weighted by molar-refractivity contribution is -0.0291. The molecule has 71 heavy (non-hydrogen) atoms. The number of imide groups is 1. The summed E-state index contributed by atoms with van der Waals surface area (Å²) in [4.78, 5) is 38.2. The van der Waals surface area contributed by atoms with Gasteiger partial charge in [0, 0.05) is 19.1 Å². The molecular weight excluding hydrogens is 925 g/mol. The van der Waals surface area contributed by atoms with Crippen LogP contribution in [0.3, 0.4) is 0 Å². The predicted octanol–water partition coefficient (Wildman–Crippen LogP) is 4.43. The molecule has 0 atom stereocenters. The zero-order valence-electron chi connectivity index (χ0n) is 41.1. The quantitative estimate of drug-likeness (QED) is 0.0617. The van der Waals surface area contributed by atoms with Crippen LogP contribution in [0.2, 0.25) is 0 Å². The Morgan fingerprint density at radius 2 is 0.662 bits per heavy atom. The maximum absolute atomic E-state index is 12.3. The number of alkyl carbamates (subject to hydrolysis) is 1. The molecule has 0 spiro atoms. The third-order valence-electron chi connectivity index (χ3n) is 10.9. The Kier molecular flexibility index (Phi) is 30.2. The normalized spacial score (nSPS) is 13.0. The minimum atomic E-state index is -0.422. The van der Waals surface area contributed by atoms with E-state index in [1.54, 1.807) is 24.3 Å². The molecule has 0 saturated carbocycles. The fourth-order valence-electron chi connectivity index (χ4n) is 7.35. The lowest BCUT2D eigenvalue weighted by atomic mass is 9.98. The van der Waals surface area contributed by atoms with E-state index in [0.717, 1.165) is 0 Å². The second-order valence-corrected chi connectivity index (χ2v) is 15.9. The largest absolute Gasteiger partial charge is 0.449 e. The van der Waals surface area contributed by atoms with Gasteiger partial charge in [-0.1, -0.05) is 60.7 Å². The molecule has 0 bridgehead atoms. The fraction of sp³-hybridized carbons (Fsp3) is 0.596. The van der Waals surface area contributed by atoms with Gasteiger partial charge in [0.25, 0.3) is 11.8 Å². The average Bonchev–Trinajstić information content (AvgIpc) is 3.84. The first-order valence-corrected chi connectivity index (χ1v) is 24.7. The van der Waals surface area contributed by atoms with Gasteiger partial charge in [-0.2, -0.15) is 0 Å². The second kappa shape index (κ2) is 37.3. The van der Waals surface area contributed by atoms with E-state index < -0.39 is 6.09 Å². The van der Waals surface area contributed by atoms with Crippen LogP contribution in [-0.2, 0) is 66.3 Å². The summed E-state index contributed by atoms with van der Waals surface area (Å²) < 4.78 is 77.3. The van der Waals surface area contributed by atoms with Crippen molar-refractivity contribution < 1.29 is 80.7 Å². The fourth-order valence-corrected chi connectivity index (χ4v) is 7.35. The van der Waals surface area contributed by atoms with E-state index in [9.17, 15) is 14.4 Å². The van der Waals surface area contributed by atoms with Crippen LogP contribution in [0.4, 0.5) is 4.79 Å². The van der Waals surface area contributed by atoms with Gasteiger partial charge in [-0.25, -0.2) is 4.79 Å². The second-order valence-electron chi connectivity index (χ2n) is 15.9. The molecule has 1 heterocycles. The van der Waals surface area contributed by atoms with E-state index in [2.05, 4.69) is 29.6 Å². The van der Waals surface area contributed by atoms with Crippen molar-refractivity contribution in [1.29, 1.82) is 0 Å². The highest BCUT2D eigenvalue weighted by molar-refractivity contribution is 6.21. The molecule has 5 rings (SSSR count). The molecule has 19 nitrogen and oxygen atoms in total. The number of ether oxygens (including phenoxy) is 14. The molecule has 1 aliphatic carbocycles. The molecule has 0 radical (unpaired) electrons. The molecular formula is C52H74N2O17. The van der Waals surface area contributed by atoms with Crippen LogP contribution < -0.4 is 5.32 Å². The Bertz CT molecular complexity index is 1830. The van der Waals surface area contributed by atoms with Crippen molar-refractivity contribution in [3.63, 3.8) is 0 Å². The van der Waals surface area contributed by atoms with Gasteiger partial charge in [0.05, 0.1) is 183 Å². The molecule has 3 amide bonds. The van der Waals surface area contributed by atoms with Crippen molar-refractivity contribution in [3.8, 4) is 11.1 Å². The van der Waals surface area contributed by atoms with Crippen LogP contribution in [0.1, 0.15) is 44.2 Å². The minimum Gasteiger partial charge on any atom is -0.449 e. The Hall–Kier alpha value is -4.45. The Morgan fingerprint density at radius 3 is 1.00 bits per heavy atom. The number of carbonyl (C=O) groups is 3. The van der Waals surface area contributed by atoms with Gasteiger partial charge in [-0.05, 0) is 40.8 Å². The maximum Gasteiger partial charge on any atom is 0.407 e. The van der Waals surface area contributed by atoms with E-state index in [1.807, 2.05) is 24.3 Å². The number of rotatable bonds is 45. The number of hydrogen-bond donors (Lipinski definition) is 1. The van der Waals surface area contributed by atoms with Gasteiger partial charge in [-0.15, -0.1) is 0 Å². The van der Waals surface area contributed by atoms with Gasteiger partial charge in [0.2, 0.25) is 0 Å². The van der Waals surface area contributed by atoms with E-state index in [0.29, 0.717) is 196 Å². The highest BCUT2D eigenvalue weighted by Crippen LogP contribution is 2.44. The van der Waals surface area contributed by atoms with Gasteiger partial charge in [0.15, 0.2) is 0 Å². The van der Waals surface area contributed by atoms with Crippen molar-refractivity contribution in [3.05, 3.63) is 95.1 Å². The first-order valence-electron chi connectivity index (χ1n) is 24.7. The maximum atomic E-state index is 12.3. The number of benzene rings is 3. The third-order valence-corrected chi connectivity index (χ3v) is 10.9. The lowest BCUT2D eigenvalue weighted by Crippen LogP contribution is -2.33. The molecule has 0 aromatic heterocycles. The van der Waals surface area contributed by atoms with Crippen LogP contribution >= 0.6 is 0 Å². The highest BCUT2D eigenvalue weighted by Gasteiger charge is 2.34. The number of hydrogen-bond acceptors (Lipinski definition) is 17. The lowest BCUT2D eigenvalue weighted by Gasteiger charge is -2.14. The molecule has 3 aromatic carbocycles. The SMILES string of the molecule is O=C(NCCCOCCOCCOCCOCCOCCOCCOCCOCCOCCOCCOCCOCCOCCN1C(=O)c2ccccc2C1=O)OCC1c2ccccc2-c2ccccc21. The van der Waals surface area contributed by atoms with Crippen molar-refractivity contribution in [2.75, 3.05) is 191 Å². The molecule has 19 heteroatoms. The van der Waals surface area contributed by atoms with Gasteiger partial charge < -0.3 is 71.6 Å². The number of nitrogens with zero attached hydrogens (tertiary/aromatic N) is 1. The van der Waals surface area contributed by atoms with Gasteiger partial charge in [-0.3, -0.25) is 14.5 Å². The molecule has 0 fully saturated rings. The number of carbonyl (C=O) groups excluding carboxylic acids is 3. The monoisotopic (exact) mass is 998 g/mol. The topological polar surface area (TPSA) is 196 Å². The number of nitrogens with one attached hydrogen (secondary N) is 1. The van der Waals surface area contributed by atoms with Crippen molar-refractivity contribution >= 4 is 17.9 Å². The van der Waals surface area contributed by atoms with Gasteiger partial charge >= 0.3 is 6.09 Å². The molecule has 3 aromatic rings. The molecule has 2 aliphatic rings. The Balaban J connectivity index is 0.639. The van der Waals surface area contributed by atoms with Crippen LogP contribution in [0.25, 0.3) is 11.1 Å². The molecule has 0 saturated heterocycles. The minimum absolute atomic E-state index is 0.0414. The zero-order chi connectivity index (χ0) is 49.7. The summed E-state index contributed by atoms with van der Waals surface area (Å²) in [5, 5.41) is 2.81. The van der Waals surface area contributed by atoms with Crippen LogP contribution in [-0.4, -0.2) is 214 Å². The smallest absolute Gasteiger partial charge is 0.407 e. The van der Waals surface area contributed by atoms with E-state index in [4.69, 9.17) is 66.3 Å². The van der Waals surface area contributed by atoms with Crippen LogP contribution in [0.5, 0.6) is 0 Å². The summed E-state index contributed by atoms with van der Waals surface area (Å²) in [6, 6.07) is 23.4. The molecule has 1 aliphatic heterocycles. The van der Waals surface area contributed by atoms with E-state index in [1.165, 1.54) is 27.2 Å². The van der Waals surface area contributed by atoms with Crippen molar-refractivity contribution in [1.82, 2.24) is 10.2 Å². The zero-order valence-corrected chi connectivity index (χ0v) is 41.1. The first kappa shape index (κ1) is 57.5. The Morgan fingerprint density at radius 1 is 0.380 bits per heavy atom. The van der Waals surface area contributed by atoms with E-state index in [-0.39, 0.29) is 30.9 Å². The highest BCUT2D eigenvalue weighted by atomic mass is 16.6. The summed E-state index contributed by atoms with van der Waals surface area (Å²) in [6.45, 7) is 12.8. The molecule has 0 unspecified atom stereocenters. The summed E-state index contributed by atoms with van der Waals surface area (Å²) in [6.07, 6.45) is 0.254. The Labute approximate surface area is 417 Å². The average molecular weight is 999 g/mol.